The normalized spacial score (nSPS) is 25.9. The number of fused-ring (bicyclic) bond motifs is 4. The summed E-state index contributed by atoms with van der Waals surface area (Å²) in [6.07, 6.45) is 0.778. The van der Waals surface area contributed by atoms with Crippen molar-refractivity contribution in [3.8, 4) is 5.75 Å². The van der Waals surface area contributed by atoms with Gasteiger partial charge in [-0.1, -0.05) is 6.07 Å². The quantitative estimate of drug-likeness (QED) is 0.804. The van der Waals surface area contributed by atoms with Crippen LogP contribution in [0.5, 0.6) is 5.75 Å². The lowest BCUT2D eigenvalue weighted by molar-refractivity contribution is -0.135. The zero-order valence-corrected chi connectivity index (χ0v) is 11.0. The highest BCUT2D eigenvalue weighted by Crippen LogP contribution is 2.34. The average Bonchev–Trinajstić information content (AvgIpc) is 2.35. The van der Waals surface area contributed by atoms with E-state index in [1.54, 1.807) is 7.11 Å². The van der Waals surface area contributed by atoms with Crippen LogP contribution in [0, 0.1) is 6.92 Å². The van der Waals surface area contributed by atoms with Gasteiger partial charge in [-0.25, -0.2) is 0 Å². The molecular formula is C14H18N2O2. The van der Waals surface area contributed by atoms with Gasteiger partial charge in [0.2, 0.25) is 5.91 Å². The molecule has 0 aliphatic carbocycles. The summed E-state index contributed by atoms with van der Waals surface area (Å²) in [6.45, 7) is 2.78. The Labute approximate surface area is 107 Å². The van der Waals surface area contributed by atoms with Gasteiger partial charge in [-0.2, -0.15) is 0 Å². The van der Waals surface area contributed by atoms with E-state index in [0.717, 1.165) is 24.3 Å². The predicted octanol–water partition coefficient (Wildman–Crippen LogP) is 1.03. The molecule has 2 atom stereocenters. The van der Waals surface area contributed by atoms with Gasteiger partial charge in [0.05, 0.1) is 19.2 Å². The Hall–Kier alpha value is -1.55. The van der Waals surface area contributed by atoms with Crippen LogP contribution in [-0.4, -0.2) is 37.6 Å². The number of nitrogens with zero attached hydrogens (tertiary/aromatic N) is 1. The minimum atomic E-state index is -0.0611. The third kappa shape index (κ3) is 1.60. The van der Waals surface area contributed by atoms with E-state index in [1.807, 2.05) is 18.9 Å². The molecule has 2 heterocycles. The Morgan fingerprint density at radius 2 is 2.17 bits per heavy atom. The van der Waals surface area contributed by atoms with Crippen molar-refractivity contribution in [1.82, 2.24) is 10.2 Å². The standard InChI is InChI=1S/C14H18N2O2/c1-8-4-9-5-11-14(17)16(2)7-12(15-11)10(9)6-13(8)18-3/h4,6,11-12,15H,5,7H2,1-3H3/t11-,12-/m0/s1. The van der Waals surface area contributed by atoms with Crippen LogP contribution < -0.4 is 10.1 Å². The highest BCUT2D eigenvalue weighted by atomic mass is 16.5. The van der Waals surface area contributed by atoms with Crippen LogP contribution in [0.3, 0.4) is 0 Å². The summed E-state index contributed by atoms with van der Waals surface area (Å²) in [6, 6.07) is 4.44. The van der Waals surface area contributed by atoms with Crippen LogP contribution in [-0.2, 0) is 11.2 Å². The number of nitrogens with one attached hydrogen (secondary N) is 1. The molecular weight excluding hydrogens is 228 g/mol. The SMILES string of the molecule is COc1cc2c(cc1C)C[C@@H]1N[C@H]2CN(C)C1=O. The average molecular weight is 246 g/mol. The maximum absolute atomic E-state index is 12.0. The van der Waals surface area contributed by atoms with Crippen molar-refractivity contribution in [1.29, 1.82) is 0 Å². The number of carbonyl (C=O) groups excluding carboxylic acids is 1. The Kier molecular flexibility index (Phi) is 2.55. The summed E-state index contributed by atoms with van der Waals surface area (Å²) >= 11 is 0. The predicted molar refractivity (Wildman–Crippen MR) is 68.7 cm³/mol. The first-order valence-electron chi connectivity index (χ1n) is 6.28. The van der Waals surface area contributed by atoms with E-state index < -0.39 is 0 Å². The topological polar surface area (TPSA) is 41.6 Å². The van der Waals surface area contributed by atoms with Crippen LogP contribution in [0.15, 0.2) is 12.1 Å². The van der Waals surface area contributed by atoms with E-state index in [1.165, 1.54) is 11.1 Å². The Bertz CT molecular complexity index is 513. The largest absolute Gasteiger partial charge is 0.496 e. The molecule has 3 rings (SSSR count). The number of carbonyl (C=O) groups is 1. The lowest BCUT2D eigenvalue weighted by Gasteiger charge is -2.41. The molecule has 1 saturated heterocycles. The Morgan fingerprint density at radius 3 is 2.89 bits per heavy atom. The second-order valence-electron chi connectivity index (χ2n) is 5.22. The molecule has 4 nitrogen and oxygen atoms in total. The maximum atomic E-state index is 12.0. The molecule has 2 aliphatic rings. The van der Waals surface area contributed by atoms with Crippen molar-refractivity contribution in [2.24, 2.45) is 0 Å². The second-order valence-corrected chi connectivity index (χ2v) is 5.22. The van der Waals surface area contributed by atoms with Crippen LogP contribution >= 0.6 is 0 Å². The Morgan fingerprint density at radius 1 is 1.39 bits per heavy atom. The van der Waals surface area contributed by atoms with Gasteiger partial charge >= 0.3 is 0 Å². The first kappa shape index (κ1) is 11.5. The van der Waals surface area contributed by atoms with Gasteiger partial charge in [0.15, 0.2) is 0 Å². The van der Waals surface area contributed by atoms with E-state index in [2.05, 4.69) is 17.4 Å². The van der Waals surface area contributed by atoms with Crippen molar-refractivity contribution in [2.75, 3.05) is 20.7 Å². The number of methoxy groups -OCH3 is 1. The molecule has 0 spiro atoms. The maximum Gasteiger partial charge on any atom is 0.239 e. The third-order valence-electron chi connectivity index (χ3n) is 3.99. The summed E-state index contributed by atoms with van der Waals surface area (Å²) in [7, 11) is 3.57. The molecule has 4 heteroatoms. The molecule has 0 radical (unpaired) electrons. The van der Waals surface area contributed by atoms with Crippen LogP contribution in [0.25, 0.3) is 0 Å². The van der Waals surface area contributed by atoms with Crippen LogP contribution in [0.4, 0.5) is 0 Å². The third-order valence-corrected chi connectivity index (χ3v) is 3.99. The first-order chi connectivity index (χ1) is 8.60. The molecule has 2 aliphatic heterocycles. The van der Waals surface area contributed by atoms with Gasteiger partial charge in [-0.3, -0.25) is 10.1 Å². The lowest BCUT2D eigenvalue weighted by atomic mass is 9.86. The number of hydrogen-bond donors (Lipinski definition) is 1. The number of piperazine rings is 1. The van der Waals surface area contributed by atoms with E-state index in [-0.39, 0.29) is 18.0 Å². The van der Waals surface area contributed by atoms with Gasteiger partial charge in [-0.15, -0.1) is 0 Å². The van der Waals surface area contributed by atoms with Crippen molar-refractivity contribution in [3.63, 3.8) is 0 Å². The number of hydrogen-bond acceptors (Lipinski definition) is 3. The minimum absolute atomic E-state index is 0.0611. The molecule has 1 aromatic rings. The number of likely N-dealkylation sites (N-methyl/N-ethyl adjacent to an activating group) is 1. The molecule has 18 heavy (non-hydrogen) atoms. The van der Waals surface area contributed by atoms with E-state index >= 15 is 0 Å². The second kappa shape index (κ2) is 3.99. The van der Waals surface area contributed by atoms with Crippen LogP contribution in [0.1, 0.15) is 22.7 Å². The number of rotatable bonds is 1. The molecule has 0 aromatic heterocycles. The molecule has 0 saturated carbocycles. The van der Waals surface area contributed by atoms with Crippen LogP contribution in [0.2, 0.25) is 0 Å². The zero-order chi connectivity index (χ0) is 12.9. The lowest BCUT2D eigenvalue weighted by Crippen LogP contribution is -2.58. The van der Waals surface area contributed by atoms with Gasteiger partial charge in [-0.05, 0) is 36.1 Å². The Balaban J connectivity index is 2.06. The summed E-state index contributed by atoms with van der Waals surface area (Å²) in [5.74, 6) is 1.12. The summed E-state index contributed by atoms with van der Waals surface area (Å²) in [5.41, 5.74) is 3.69. The van der Waals surface area contributed by atoms with Crippen molar-refractivity contribution in [3.05, 3.63) is 28.8 Å². The van der Waals surface area contributed by atoms with E-state index in [0.29, 0.717) is 0 Å². The van der Waals surface area contributed by atoms with Crippen molar-refractivity contribution < 1.29 is 9.53 Å². The smallest absolute Gasteiger partial charge is 0.239 e. The highest BCUT2D eigenvalue weighted by Gasteiger charge is 2.37. The first-order valence-corrected chi connectivity index (χ1v) is 6.28. The zero-order valence-electron chi connectivity index (χ0n) is 11.0. The van der Waals surface area contributed by atoms with Gasteiger partial charge in [0.1, 0.15) is 5.75 Å². The number of benzene rings is 1. The summed E-state index contributed by atoms with van der Waals surface area (Å²) in [4.78, 5) is 13.8. The van der Waals surface area contributed by atoms with Crippen molar-refractivity contribution >= 4 is 5.91 Å². The fourth-order valence-corrected chi connectivity index (χ4v) is 3.04. The van der Waals surface area contributed by atoms with Crippen molar-refractivity contribution in [2.45, 2.75) is 25.4 Å². The molecule has 1 fully saturated rings. The van der Waals surface area contributed by atoms with E-state index in [9.17, 15) is 4.79 Å². The summed E-state index contributed by atoms with van der Waals surface area (Å²) in [5, 5.41) is 3.41. The molecule has 1 N–H and O–H groups in total. The highest BCUT2D eigenvalue weighted by molar-refractivity contribution is 5.83. The molecule has 0 unspecified atom stereocenters. The van der Waals surface area contributed by atoms with Gasteiger partial charge in [0.25, 0.3) is 0 Å². The molecule has 96 valence electrons. The van der Waals surface area contributed by atoms with Gasteiger partial charge < -0.3 is 9.64 Å². The number of aryl methyl sites for hydroxylation is 1. The fourth-order valence-electron chi connectivity index (χ4n) is 3.04. The molecule has 1 amide bonds. The van der Waals surface area contributed by atoms with Gasteiger partial charge in [0, 0.05) is 13.6 Å². The number of ether oxygens (including phenoxy) is 1. The number of amides is 1. The summed E-state index contributed by atoms with van der Waals surface area (Å²) < 4.78 is 5.39. The molecule has 2 bridgehead atoms. The fraction of sp³-hybridized carbons (Fsp3) is 0.500. The monoisotopic (exact) mass is 246 g/mol. The molecule has 1 aromatic carbocycles. The minimum Gasteiger partial charge on any atom is -0.496 e. The van der Waals surface area contributed by atoms with E-state index in [4.69, 9.17) is 4.74 Å².